The lowest BCUT2D eigenvalue weighted by atomic mass is 10.1. The number of halogens is 1. The molecule has 4 nitrogen and oxygen atoms in total. The van der Waals surface area contributed by atoms with Crippen LogP contribution in [0.2, 0.25) is 0 Å². The number of hydrogen-bond donors (Lipinski definition) is 2. The van der Waals surface area contributed by atoms with Crippen LogP contribution in [0.25, 0.3) is 0 Å². The van der Waals surface area contributed by atoms with Crippen LogP contribution in [0.5, 0.6) is 0 Å². The van der Waals surface area contributed by atoms with Gasteiger partial charge in [-0.1, -0.05) is 22.0 Å². The van der Waals surface area contributed by atoms with Gasteiger partial charge in [-0.25, -0.2) is 0 Å². The molecule has 0 bridgehead atoms. The van der Waals surface area contributed by atoms with Crippen LogP contribution >= 0.6 is 15.9 Å². The van der Waals surface area contributed by atoms with E-state index in [1.54, 1.807) is 24.3 Å². The van der Waals surface area contributed by atoms with Crippen LogP contribution in [0, 0.1) is 13.8 Å². The average Bonchev–Trinajstić information content (AvgIpc) is 2.43. The van der Waals surface area contributed by atoms with Crippen molar-refractivity contribution in [2.45, 2.75) is 13.8 Å². The number of anilines is 1. The van der Waals surface area contributed by atoms with E-state index in [1.165, 1.54) is 0 Å². The molecule has 0 aliphatic heterocycles. The van der Waals surface area contributed by atoms with Gasteiger partial charge in [-0.3, -0.25) is 9.59 Å². The minimum atomic E-state index is -0.487. The maximum Gasteiger partial charge on any atom is 0.255 e. The third-order valence-electron chi connectivity index (χ3n) is 3.27. The van der Waals surface area contributed by atoms with Crippen LogP contribution < -0.4 is 11.1 Å². The predicted octanol–water partition coefficient (Wildman–Crippen LogP) is 3.42. The Balaban J connectivity index is 2.28. The van der Waals surface area contributed by atoms with Gasteiger partial charge in [0.2, 0.25) is 5.91 Å². The number of nitrogens with one attached hydrogen (secondary N) is 1. The average molecular weight is 347 g/mol. The summed E-state index contributed by atoms with van der Waals surface area (Å²) in [7, 11) is 0. The van der Waals surface area contributed by atoms with Crippen molar-refractivity contribution in [3.63, 3.8) is 0 Å². The van der Waals surface area contributed by atoms with Crippen molar-refractivity contribution in [1.82, 2.24) is 0 Å². The molecule has 2 amide bonds. The summed E-state index contributed by atoms with van der Waals surface area (Å²) < 4.78 is 0.885. The highest BCUT2D eigenvalue weighted by molar-refractivity contribution is 9.10. The van der Waals surface area contributed by atoms with Gasteiger partial charge in [0.1, 0.15) is 0 Å². The van der Waals surface area contributed by atoms with E-state index in [2.05, 4.69) is 21.2 Å². The minimum absolute atomic E-state index is 0.191. The van der Waals surface area contributed by atoms with E-state index >= 15 is 0 Å². The number of rotatable bonds is 3. The summed E-state index contributed by atoms with van der Waals surface area (Å²) in [6.45, 7) is 3.69. The lowest BCUT2D eigenvalue weighted by Crippen LogP contribution is -2.15. The zero-order valence-electron chi connectivity index (χ0n) is 11.7. The van der Waals surface area contributed by atoms with E-state index in [0.717, 1.165) is 15.6 Å². The van der Waals surface area contributed by atoms with Crippen molar-refractivity contribution in [2.24, 2.45) is 5.73 Å². The molecule has 21 heavy (non-hydrogen) atoms. The lowest BCUT2D eigenvalue weighted by Gasteiger charge is -2.11. The van der Waals surface area contributed by atoms with Crippen molar-refractivity contribution in [3.8, 4) is 0 Å². The highest BCUT2D eigenvalue weighted by Crippen LogP contribution is 2.22. The first kappa shape index (κ1) is 15.3. The summed E-state index contributed by atoms with van der Waals surface area (Å²) in [6, 6.07) is 10.4. The molecular formula is C16H15BrN2O2. The van der Waals surface area contributed by atoms with Gasteiger partial charge in [-0.15, -0.1) is 0 Å². The van der Waals surface area contributed by atoms with Gasteiger partial charge in [0.15, 0.2) is 0 Å². The SMILES string of the molecule is Cc1cc(C(N)=O)ccc1NC(=O)c1cccc(Br)c1C. The van der Waals surface area contributed by atoms with Crippen LogP contribution in [-0.4, -0.2) is 11.8 Å². The number of hydrogen-bond acceptors (Lipinski definition) is 2. The molecule has 0 radical (unpaired) electrons. The second-order valence-electron chi connectivity index (χ2n) is 4.76. The van der Waals surface area contributed by atoms with Gasteiger partial charge in [-0.05, 0) is 55.3 Å². The van der Waals surface area contributed by atoms with Crippen LogP contribution in [0.4, 0.5) is 5.69 Å². The molecular weight excluding hydrogens is 332 g/mol. The number of carbonyl (C=O) groups is 2. The Morgan fingerprint density at radius 3 is 2.48 bits per heavy atom. The third-order valence-corrected chi connectivity index (χ3v) is 4.13. The van der Waals surface area contributed by atoms with Crippen LogP contribution in [0.3, 0.4) is 0 Å². The van der Waals surface area contributed by atoms with Crippen LogP contribution in [-0.2, 0) is 0 Å². The fraction of sp³-hybridized carbons (Fsp3) is 0.125. The Labute approximate surface area is 131 Å². The molecule has 0 aliphatic carbocycles. The van der Waals surface area contributed by atoms with E-state index in [0.29, 0.717) is 16.8 Å². The monoisotopic (exact) mass is 346 g/mol. The highest BCUT2D eigenvalue weighted by Gasteiger charge is 2.12. The zero-order valence-corrected chi connectivity index (χ0v) is 13.3. The van der Waals surface area contributed by atoms with E-state index in [-0.39, 0.29) is 5.91 Å². The minimum Gasteiger partial charge on any atom is -0.366 e. The normalized spacial score (nSPS) is 10.2. The van der Waals surface area contributed by atoms with Gasteiger partial charge in [0.25, 0.3) is 5.91 Å². The van der Waals surface area contributed by atoms with Gasteiger partial charge in [0.05, 0.1) is 0 Å². The molecule has 0 unspecified atom stereocenters. The van der Waals surface area contributed by atoms with E-state index in [4.69, 9.17) is 5.73 Å². The van der Waals surface area contributed by atoms with Crippen molar-refractivity contribution in [2.75, 3.05) is 5.32 Å². The van der Waals surface area contributed by atoms with Gasteiger partial charge in [-0.2, -0.15) is 0 Å². The molecule has 0 aromatic heterocycles. The topological polar surface area (TPSA) is 72.2 Å². The summed E-state index contributed by atoms with van der Waals surface area (Å²) >= 11 is 3.41. The number of aryl methyl sites for hydroxylation is 1. The molecule has 0 saturated carbocycles. The van der Waals surface area contributed by atoms with Crippen molar-refractivity contribution in [1.29, 1.82) is 0 Å². The third kappa shape index (κ3) is 3.31. The molecule has 2 rings (SSSR count). The Bertz CT molecular complexity index is 726. The Morgan fingerprint density at radius 2 is 1.86 bits per heavy atom. The molecule has 2 aromatic carbocycles. The summed E-state index contributed by atoms with van der Waals surface area (Å²) in [6.07, 6.45) is 0. The maximum absolute atomic E-state index is 12.3. The number of benzene rings is 2. The molecule has 5 heteroatoms. The molecule has 108 valence electrons. The first-order valence-electron chi connectivity index (χ1n) is 6.37. The fourth-order valence-electron chi connectivity index (χ4n) is 2.00. The van der Waals surface area contributed by atoms with E-state index in [9.17, 15) is 9.59 Å². The smallest absolute Gasteiger partial charge is 0.255 e. The van der Waals surface area contributed by atoms with Crippen LogP contribution in [0.1, 0.15) is 31.8 Å². The van der Waals surface area contributed by atoms with Gasteiger partial charge >= 0.3 is 0 Å². The molecule has 0 heterocycles. The van der Waals surface area contributed by atoms with Crippen molar-refractivity contribution < 1.29 is 9.59 Å². The van der Waals surface area contributed by atoms with Crippen molar-refractivity contribution >= 4 is 33.4 Å². The first-order valence-corrected chi connectivity index (χ1v) is 7.16. The fourth-order valence-corrected chi connectivity index (χ4v) is 2.37. The molecule has 0 saturated heterocycles. The maximum atomic E-state index is 12.3. The molecule has 0 fully saturated rings. The van der Waals surface area contributed by atoms with Gasteiger partial charge < -0.3 is 11.1 Å². The lowest BCUT2D eigenvalue weighted by molar-refractivity contribution is 0.0998. The summed E-state index contributed by atoms with van der Waals surface area (Å²) in [5.74, 6) is -0.678. The number of amides is 2. The number of carbonyl (C=O) groups excluding carboxylic acids is 2. The first-order chi connectivity index (χ1) is 9.90. The Hall–Kier alpha value is -2.14. The second kappa shape index (κ2) is 6.10. The Kier molecular flexibility index (Phi) is 4.43. The molecule has 3 N–H and O–H groups in total. The standard InChI is InChI=1S/C16H15BrN2O2/c1-9-8-11(15(18)20)6-7-14(9)19-16(21)12-4-3-5-13(17)10(12)2/h3-8H,1-2H3,(H2,18,20)(H,19,21). The van der Waals surface area contributed by atoms with Gasteiger partial charge in [0, 0.05) is 21.3 Å². The molecule has 2 aromatic rings. The predicted molar refractivity (Wildman–Crippen MR) is 86.5 cm³/mol. The van der Waals surface area contributed by atoms with Crippen LogP contribution in [0.15, 0.2) is 40.9 Å². The van der Waals surface area contributed by atoms with E-state index in [1.807, 2.05) is 26.0 Å². The molecule has 0 spiro atoms. The quantitative estimate of drug-likeness (QED) is 0.893. The summed E-state index contributed by atoms with van der Waals surface area (Å²) in [5, 5.41) is 2.85. The van der Waals surface area contributed by atoms with E-state index < -0.39 is 5.91 Å². The number of primary amides is 1. The highest BCUT2D eigenvalue weighted by atomic mass is 79.9. The second-order valence-corrected chi connectivity index (χ2v) is 5.61. The number of nitrogens with two attached hydrogens (primary N) is 1. The zero-order chi connectivity index (χ0) is 15.6. The largest absolute Gasteiger partial charge is 0.366 e. The molecule has 0 atom stereocenters. The van der Waals surface area contributed by atoms with Crippen molar-refractivity contribution in [3.05, 3.63) is 63.1 Å². The summed E-state index contributed by atoms with van der Waals surface area (Å²) in [5.41, 5.74) is 8.57. The molecule has 0 aliphatic rings. The Morgan fingerprint density at radius 1 is 1.14 bits per heavy atom. The summed E-state index contributed by atoms with van der Waals surface area (Å²) in [4.78, 5) is 23.5.